The van der Waals surface area contributed by atoms with Gasteiger partial charge in [-0.1, -0.05) is 0 Å². The minimum Gasteiger partial charge on any atom is -0.496 e. The number of carbonyl (C=O) groups is 4. The second-order valence-corrected chi connectivity index (χ2v) is 6.99. The standard InChI is InChI=1S/C21H20N4O8/c1-12(20(28)22-16-8-7-15(32-2)11-17(16)25(30)31)33-21(29)13-3-5-14(6-4-13)24-19(27)10-9-18(26)23-24/h3-8,11-12H,9-10H2,1-2H3,(H,22,28)(H,23,26). The van der Waals surface area contributed by atoms with E-state index in [-0.39, 0.29) is 47.3 Å². The molecule has 0 bridgehead atoms. The van der Waals surface area contributed by atoms with Gasteiger partial charge in [-0.05, 0) is 43.3 Å². The van der Waals surface area contributed by atoms with Gasteiger partial charge in [0.15, 0.2) is 6.10 Å². The summed E-state index contributed by atoms with van der Waals surface area (Å²) in [5.74, 6) is -1.93. The van der Waals surface area contributed by atoms with Gasteiger partial charge in [0.25, 0.3) is 11.6 Å². The van der Waals surface area contributed by atoms with E-state index in [2.05, 4.69) is 10.7 Å². The van der Waals surface area contributed by atoms with Gasteiger partial charge < -0.3 is 14.8 Å². The second-order valence-electron chi connectivity index (χ2n) is 6.99. The quantitative estimate of drug-likeness (QED) is 0.363. The van der Waals surface area contributed by atoms with Gasteiger partial charge in [-0.2, -0.15) is 0 Å². The van der Waals surface area contributed by atoms with Crippen molar-refractivity contribution in [3.05, 3.63) is 58.1 Å². The molecule has 2 N–H and O–H groups in total. The number of amides is 3. The molecule has 1 fully saturated rings. The molecule has 172 valence electrons. The van der Waals surface area contributed by atoms with E-state index in [1.807, 2.05) is 0 Å². The van der Waals surface area contributed by atoms with E-state index in [0.29, 0.717) is 5.69 Å². The Balaban J connectivity index is 1.64. The van der Waals surface area contributed by atoms with Gasteiger partial charge >= 0.3 is 5.97 Å². The average molecular weight is 456 g/mol. The fourth-order valence-electron chi connectivity index (χ4n) is 2.94. The minimum atomic E-state index is -1.26. The van der Waals surface area contributed by atoms with Gasteiger partial charge in [0.1, 0.15) is 11.4 Å². The van der Waals surface area contributed by atoms with Gasteiger partial charge in [0, 0.05) is 12.8 Å². The van der Waals surface area contributed by atoms with Crippen LogP contribution >= 0.6 is 0 Å². The summed E-state index contributed by atoms with van der Waals surface area (Å²) in [6.45, 7) is 1.32. The monoisotopic (exact) mass is 456 g/mol. The Morgan fingerprint density at radius 2 is 1.85 bits per heavy atom. The number of hydrogen-bond acceptors (Lipinski definition) is 8. The van der Waals surface area contributed by atoms with Gasteiger partial charge in [0.2, 0.25) is 11.8 Å². The van der Waals surface area contributed by atoms with Crippen molar-refractivity contribution >= 4 is 40.8 Å². The number of benzene rings is 2. The number of nitrogens with zero attached hydrogens (tertiary/aromatic N) is 2. The smallest absolute Gasteiger partial charge is 0.338 e. The largest absolute Gasteiger partial charge is 0.496 e. The Morgan fingerprint density at radius 3 is 2.48 bits per heavy atom. The molecular weight excluding hydrogens is 436 g/mol. The molecule has 1 unspecified atom stereocenters. The maximum Gasteiger partial charge on any atom is 0.338 e. The summed E-state index contributed by atoms with van der Waals surface area (Å²) >= 11 is 0. The van der Waals surface area contributed by atoms with Crippen LogP contribution < -0.4 is 20.5 Å². The van der Waals surface area contributed by atoms with Crippen molar-refractivity contribution in [1.82, 2.24) is 5.43 Å². The first-order valence-electron chi connectivity index (χ1n) is 9.76. The van der Waals surface area contributed by atoms with Crippen LogP contribution in [0.25, 0.3) is 0 Å². The Kier molecular flexibility index (Phi) is 6.86. The minimum absolute atomic E-state index is 0.0775. The molecule has 12 heteroatoms. The fraction of sp³-hybridized carbons (Fsp3) is 0.238. The number of hydrogen-bond donors (Lipinski definition) is 2. The lowest BCUT2D eigenvalue weighted by Crippen LogP contribution is -2.50. The Bertz CT molecular complexity index is 1120. The molecule has 1 heterocycles. The van der Waals surface area contributed by atoms with E-state index in [1.165, 1.54) is 50.4 Å². The Hall–Kier alpha value is -4.48. The lowest BCUT2D eigenvalue weighted by atomic mass is 10.1. The predicted octanol–water partition coefficient (Wildman–Crippen LogP) is 1.95. The fourth-order valence-corrected chi connectivity index (χ4v) is 2.94. The van der Waals surface area contributed by atoms with Crippen molar-refractivity contribution in [3.8, 4) is 5.75 Å². The van der Waals surface area contributed by atoms with Crippen molar-refractivity contribution in [2.24, 2.45) is 0 Å². The summed E-state index contributed by atoms with van der Waals surface area (Å²) in [5, 5.41) is 14.7. The zero-order valence-electron chi connectivity index (χ0n) is 17.7. The average Bonchev–Trinajstić information content (AvgIpc) is 2.80. The molecule has 1 saturated heterocycles. The Labute approximate surface area is 187 Å². The van der Waals surface area contributed by atoms with Crippen LogP contribution in [0.4, 0.5) is 17.1 Å². The highest BCUT2D eigenvalue weighted by atomic mass is 16.6. The Morgan fingerprint density at radius 1 is 1.15 bits per heavy atom. The summed E-state index contributed by atoms with van der Waals surface area (Å²) < 4.78 is 10.1. The van der Waals surface area contributed by atoms with E-state index in [9.17, 15) is 29.3 Å². The molecule has 0 saturated carbocycles. The summed E-state index contributed by atoms with van der Waals surface area (Å²) in [7, 11) is 1.35. The molecular formula is C21H20N4O8. The highest BCUT2D eigenvalue weighted by Gasteiger charge is 2.26. The number of carbonyl (C=O) groups excluding carboxylic acids is 4. The number of hydrazine groups is 1. The molecule has 1 aliphatic rings. The number of ether oxygens (including phenoxy) is 2. The van der Waals surface area contributed by atoms with Gasteiger partial charge in [-0.25, -0.2) is 9.80 Å². The van der Waals surface area contributed by atoms with Crippen molar-refractivity contribution in [2.45, 2.75) is 25.9 Å². The number of rotatable bonds is 7. The van der Waals surface area contributed by atoms with Gasteiger partial charge in [0.05, 0.1) is 29.4 Å². The first-order chi connectivity index (χ1) is 15.7. The van der Waals surface area contributed by atoms with Crippen LogP contribution in [0.5, 0.6) is 5.75 Å². The van der Waals surface area contributed by atoms with Crippen LogP contribution in [-0.4, -0.2) is 41.8 Å². The first-order valence-corrected chi connectivity index (χ1v) is 9.76. The first kappa shape index (κ1) is 23.2. The topological polar surface area (TPSA) is 157 Å². The van der Waals surface area contributed by atoms with Crippen molar-refractivity contribution < 1.29 is 33.6 Å². The normalized spacial score (nSPS) is 14.2. The molecule has 12 nitrogen and oxygen atoms in total. The van der Waals surface area contributed by atoms with E-state index in [4.69, 9.17) is 9.47 Å². The van der Waals surface area contributed by atoms with Crippen molar-refractivity contribution in [1.29, 1.82) is 0 Å². The zero-order valence-corrected chi connectivity index (χ0v) is 17.7. The number of nitro groups is 1. The van der Waals surface area contributed by atoms with E-state index >= 15 is 0 Å². The zero-order chi connectivity index (χ0) is 24.1. The third-order valence-electron chi connectivity index (χ3n) is 4.73. The molecule has 0 aliphatic carbocycles. The van der Waals surface area contributed by atoms with Crippen molar-refractivity contribution in [3.63, 3.8) is 0 Å². The molecule has 0 spiro atoms. The third-order valence-corrected chi connectivity index (χ3v) is 4.73. The number of anilines is 2. The molecule has 2 aromatic rings. The second kappa shape index (κ2) is 9.77. The summed E-state index contributed by atoms with van der Waals surface area (Å²) in [5.41, 5.74) is 2.45. The maximum absolute atomic E-state index is 12.4. The molecule has 0 radical (unpaired) electrons. The van der Waals surface area contributed by atoms with Crippen molar-refractivity contribution in [2.75, 3.05) is 17.4 Å². The molecule has 33 heavy (non-hydrogen) atoms. The van der Waals surface area contributed by atoms with Crippen LogP contribution in [0, 0.1) is 10.1 Å². The third kappa shape index (κ3) is 5.42. The highest BCUT2D eigenvalue weighted by molar-refractivity contribution is 6.02. The lowest BCUT2D eigenvalue weighted by Gasteiger charge is -2.27. The highest BCUT2D eigenvalue weighted by Crippen LogP contribution is 2.29. The van der Waals surface area contributed by atoms with E-state index < -0.39 is 22.9 Å². The van der Waals surface area contributed by atoms with E-state index in [1.54, 1.807) is 0 Å². The van der Waals surface area contributed by atoms with Gasteiger partial charge in [-0.3, -0.25) is 29.9 Å². The number of methoxy groups -OCH3 is 1. The molecule has 2 aromatic carbocycles. The number of esters is 1. The number of nitro benzene ring substituents is 1. The molecule has 1 aliphatic heterocycles. The molecule has 1 atom stereocenters. The van der Waals surface area contributed by atoms with Crippen LogP contribution in [-0.2, 0) is 19.1 Å². The maximum atomic E-state index is 12.4. The summed E-state index contributed by atoms with van der Waals surface area (Å²) in [4.78, 5) is 58.9. The van der Waals surface area contributed by atoms with Crippen LogP contribution in [0.2, 0.25) is 0 Å². The molecule has 3 amide bonds. The van der Waals surface area contributed by atoms with Gasteiger partial charge in [-0.15, -0.1) is 0 Å². The molecule has 0 aromatic heterocycles. The van der Waals surface area contributed by atoms with Crippen LogP contribution in [0.3, 0.4) is 0 Å². The SMILES string of the molecule is COc1ccc(NC(=O)C(C)OC(=O)c2ccc(N3NC(=O)CCC3=O)cc2)c([N+](=O)[O-])c1. The summed E-state index contributed by atoms with van der Waals surface area (Å²) in [6, 6.07) is 9.56. The lowest BCUT2D eigenvalue weighted by molar-refractivity contribution is -0.384. The predicted molar refractivity (Wildman–Crippen MR) is 114 cm³/mol. The summed E-state index contributed by atoms with van der Waals surface area (Å²) in [6.07, 6.45) is -1.07. The molecule has 3 rings (SSSR count). The number of nitrogens with one attached hydrogen (secondary N) is 2. The van der Waals surface area contributed by atoms with E-state index in [0.717, 1.165) is 11.1 Å². The van der Waals surface area contributed by atoms with Crippen LogP contribution in [0.15, 0.2) is 42.5 Å². The van der Waals surface area contributed by atoms with Crippen LogP contribution in [0.1, 0.15) is 30.1 Å².